The van der Waals surface area contributed by atoms with E-state index in [2.05, 4.69) is 17.1 Å². The number of nitrogens with one attached hydrogen (secondary N) is 1. The van der Waals surface area contributed by atoms with Gasteiger partial charge in [0.1, 0.15) is 6.54 Å². The highest BCUT2D eigenvalue weighted by atomic mass is 32.2. The highest BCUT2D eigenvalue weighted by molar-refractivity contribution is 7.92. The van der Waals surface area contributed by atoms with Crippen LogP contribution in [0.15, 0.2) is 30.3 Å². The zero-order chi connectivity index (χ0) is 19.0. The average Bonchev–Trinajstić information content (AvgIpc) is 2.63. The van der Waals surface area contributed by atoms with Crippen molar-refractivity contribution in [2.24, 2.45) is 0 Å². The third-order valence-corrected chi connectivity index (χ3v) is 6.04. The van der Waals surface area contributed by atoms with Crippen molar-refractivity contribution in [3.63, 3.8) is 0 Å². The van der Waals surface area contributed by atoms with E-state index in [9.17, 15) is 13.2 Å². The predicted molar refractivity (Wildman–Crippen MR) is 106 cm³/mol. The fraction of sp³-hybridized carbons (Fsp3) is 0.632. The first-order chi connectivity index (χ1) is 12.4. The van der Waals surface area contributed by atoms with Crippen LogP contribution in [0.2, 0.25) is 0 Å². The molecule has 1 unspecified atom stereocenters. The number of amides is 1. The lowest BCUT2D eigenvalue weighted by atomic mass is 10.00. The number of carbonyl (C=O) groups excluding carboxylic acids is 1. The van der Waals surface area contributed by atoms with E-state index < -0.39 is 10.0 Å². The number of para-hydroxylation sites is 1. The number of hydrogen-bond donors (Lipinski definition) is 1. The van der Waals surface area contributed by atoms with Gasteiger partial charge in [0.25, 0.3) is 0 Å². The number of carbonyl (C=O) groups is 1. The van der Waals surface area contributed by atoms with Gasteiger partial charge >= 0.3 is 0 Å². The van der Waals surface area contributed by atoms with Gasteiger partial charge in [0.05, 0.1) is 11.9 Å². The normalized spacial score (nSPS) is 18.5. The average molecular weight is 382 g/mol. The molecule has 0 aliphatic carbocycles. The maximum atomic E-state index is 12.2. The summed E-state index contributed by atoms with van der Waals surface area (Å²) < 4.78 is 25.2. The van der Waals surface area contributed by atoms with E-state index in [4.69, 9.17) is 0 Å². The van der Waals surface area contributed by atoms with Crippen molar-refractivity contribution in [3.05, 3.63) is 30.3 Å². The molecule has 1 amide bonds. The van der Waals surface area contributed by atoms with E-state index in [-0.39, 0.29) is 12.5 Å². The van der Waals surface area contributed by atoms with Crippen molar-refractivity contribution in [1.29, 1.82) is 0 Å². The molecule has 7 heteroatoms. The Kier molecular flexibility index (Phi) is 7.90. The molecule has 1 atom stereocenters. The Morgan fingerprint density at radius 3 is 2.65 bits per heavy atom. The maximum Gasteiger partial charge on any atom is 0.240 e. The molecule has 1 aromatic rings. The molecule has 0 bridgehead atoms. The number of hydrogen-bond acceptors (Lipinski definition) is 4. The molecule has 1 N–H and O–H groups in total. The molecular formula is C19H31N3O3S. The first-order valence-corrected chi connectivity index (χ1v) is 11.3. The van der Waals surface area contributed by atoms with Crippen LogP contribution in [0.3, 0.4) is 0 Å². The van der Waals surface area contributed by atoms with Crippen molar-refractivity contribution < 1.29 is 13.2 Å². The molecule has 0 radical (unpaired) electrons. The molecule has 1 fully saturated rings. The van der Waals surface area contributed by atoms with Gasteiger partial charge in [0.2, 0.25) is 15.9 Å². The fourth-order valence-electron chi connectivity index (χ4n) is 3.51. The zero-order valence-corrected chi connectivity index (χ0v) is 16.7. The molecule has 1 heterocycles. The minimum Gasteiger partial charge on any atom is -0.354 e. The SMILES string of the molecule is CCC1CCCCN1CCCNC(=O)CN(c1ccccc1)S(C)(=O)=O. The Hall–Kier alpha value is -1.60. The van der Waals surface area contributed by atoms with Gasteiger partial charge in [-0.05, 0) is 44.4 Å². The van der Waals surface area contributed by atoms with Crippen molar-refractivity contribution in [3.8, 4) is 0 Å². The first kappa shape index (κ1) is 20.7. The van der Waals surface area contributed by atoms with Crippen LogP contribution >= 0.6 is 0 Å². The molecule has 0 aromatic heterocycles. The summed E-state index contributed by atoms with van der Waals surface area (Å²) in [6, 6.07) is 9.38. The zero-order valence-electron chi connectivity index (χ0n) is 15.9. The second-order valence-electron chi connectivity index (χ2n) is 6.90. The van der Waals surface area contributed by atoms with Gasteiger partial charge in [0.15, 0.2) is 0 Å². The summed E-state index contributed by atoms with van der Waals surface area (Å²) in [6.07, 6.45) is 7.01. The molecule has 26 heavy (non-hydrogen) atoms. The Morgan fingerprint density at radius 2 is 2.00 bits per heavy atom. The van der Waals surface area contributed by atoms with Gasteiger partial charge in [-0.3, -0.25) is 9.10 Å². The number of likely N-dealkylation sites (tertiary alicyclic amines) is 1. The number of anilines is 1. The molecule has 0 spiro atoms. The maximum absolute atomic E-state index is 12.2. The molecule has 146 valence electrons. The van der Waals surface area contributed by atoms with Gasteiger partial charge in [-0.15, -0.1) is 0 Å². The summed E-state index contributed by atoms with van der Waals surface area (Å²) in [5, 5.41) is 2.86. The van der Waals surface area contributed by atoms with E-state index in [0.29, 0.717) is 18.3 Å². The van der Waals surface area contributed by atoms with E-state index in [1.807, 2.05) is 6.07 Å². The number of sulfonamides is 1. The third-order valence-electron chi connectivity index (χ3n) is 4.90. The smallest absolute Gasteiger partial charge is 0.240 e. The monoisotopic (exact) mass is 381 g/mol. The molecular weight excluding hydrogens is 350 g/mol. The molecule has 1 aromatic carbocycles. The van der Waals surface area contributed by atoms with Gasteiger partial charge < -0.3 is 10.2 Å². The molecule has 0 saturated carbocycles. The number of nitrogens with zero attached hydrogens (tertiary/aromatic N) is 2. The Labute approximate surface area is 157 Å². The van der Waals surface area contributed by atoms with Crippen LogP contribution in [0.5, 0.6) is 0 Å². The molecule has 1 aliphatic rings. The highest BCUT2D eigenvalue weighted by Gasteiger charge is 2.21. The molecule has 1 saturated heterocycles. The summed E-state index contributed by atoms with van der Waals surface area (Å²) >= 11 is 0. The fourth-order valence-corrected chi connectivity index (χ4v) is 4.36. The topological polar surface area (TPSA) is 69.7 Å². The van der Waals surface area contributed by atoms with Crippen LogP contribution in [0, 0.1) is 0 Å². The lowest BCUT2D eigenvalue weighted by Crippen LogP contribution is -2.42. The second-order valence-corrected chi connectivity index (χ2v) is 8.81. The van der Waals surface area contributed by atoms with Crippen LogP contribution in [0.4, 0.5) is 5.69 Å². The first-order valence-electron chi connectivity index (χ1n) is 9.45. The van der Waals surface area contributed by atoms with Gasteiger partial charge in [-0.1, -0.05) is 31.5 Å². The van der Waals surface area contributed by atoms with Gasteiger partial charge in [-0.2, -0.15) is 0 Å². The summed E-state index contributed by atoms with van der Waals surface area (Å²) in [5.41, 5.74) is 0.504. The Bertz CT molecular complexity index is 664. The van der Waals surface area contributed by atoms with E-state index in [1.165, 1.54) is 25.7 Å². The molecule has 1 aliphatic heterocycles. The number of rotatable bonds is 9. The minimum atomic E-state index is -3.51. The van der Waals surface area contributed by atoms with E-state index in [0.717, 1.165) is 30.1 Å². The van der Waals surface area contributed by atoms with Crippen LogP contribution in [0.25, 0.3) is 0 Å². The van der Waals surface area contributed by atoms with Crippen LogP contribution in [-0.2, 0) is 14.8 Å². The van der Waals surface area contributed by atoms with Gasteiger partial charge in [-0.25, -0.2) is 8.42 Å². The molecule has 6 nitrogen and oxygen atoms in total. The highest BCUT2D eigenvalue weighted by Crippen LogP contribution is 2.19. The Balaban J connectivity index is 1.80. The largest absolute Gasteiger partial charge is 0.354 e. The van der Waals surface area contributed by atoms with Crippen LogP contribution in [0.1, 0.15) is 39.0 Å². The van der Waals surface area contributed by atoms with Crippen LogP contribution in [-0.4, -0.2) is 57.7 Å². The molecule has 2 rings (SSSR count). The lowest BCUT2D eigenvalue weighted by molar-refractivity contribution is -0.119. The third kappa shape index (κ3) is 6.29. The standard InChI is InChI=1S/C19H31N3O3S/c1-3-17-10-7-8-14-21(17)15-9-13-20-19(23)16-22(26(2,24)25)18-11-5-4-6-12-18/h4-6,11-12,17H,3,7-10,13-16H2,1-2H3,(H,20,23). The summed E-state index contributed by atoms with van der Waals surface area (Å²) in [7, 11) is -3.51. The van der Waals surface area contributed by atoms with Crippen molar-refractivity contribution in [2.75, 3.05) is 36.7 Å². The van der Waals surface area contributed by atoms with E-state index in [1.54, 1.807) is 24.3 Å². The number of piperidine rings is 1. The van der Waals surface area contributed by atoms with Crippen LogP contribution < -0.4 is 9.62 Å². The second kappa shape index (κ2) is 9.92. The number of benzene rings is 1. The predicted octanol–water partition coefficient (Wildman–Crippen LogP) is 2.22. The summed E-state index contributed by atoms with van der Waals surface area (Å²) in [4.78, 5) is 14.7. The summed E-state index contributed by atoms with van der Waals surface area (Å²) in [5.74, 6) is -0.273. The minimum absolute atomic E-state index is 0.190. The van der Waals surface area contributed by atoms with Crippen molar-refractivity contribution >= 4 is 21.6 Å². The lowest BCUT2D eigenvalue weighted by Gasteiger charge is -2.35. The van der Waals surface area contributed by atoms with Crippen molar-refractivity contribution in [2.45, 2.75) is 45.1 Å². The van der Waals surface area contributed by atoms with Gasteiger partial charge in [0, 0.05) is 19.1 Å². The summed E-state index contributed by atoms with van der Waals surface area (Å²) in [6.45, 7) is 4.73. The van der Waals surface area contributed by atoms with E-state index >= 15 is 0 Å². The van der Waals surface area contributed by atoms with Crippen molar-refractivity contribution in [1.82, 2.24) is 10.2 Å². The Morgan fingerprint density at radius 1 is 1.27 bits per heavy atom. The quantitative estimate of drug-likeness (QED) is 0.666.